The van der Waals surface area contributed by atoms with Crippen LogP contribution >= 0.6 is 0 Å². The van der Waals surface area contributed by atoms with Crippen molar-refractivity contribution in [2.45, 2.75) is 20.3 Å². The summed E-state index contributed by atoms with van der Waals surface area (Å²) in [6.07, 6.45) is 2.11. The minimum atomic E-state index is -0.588. The van der Waals surface area contributed by atoms with Crippen molar-refractivity contribution < 1.29 is 14.7 Å². The molecule has 2 amide bonds. The molecule has 6 nitrogen and oxygen atoms in total. The number of para-hydroxylation sites is 1. The van der Waals surface area contributed by atoms with Gasteiger partial charge in [-0.25, -0.2) is 10.4 Å². The molecule has 0 unspecified atom stereocenters. The molecule has 2 N–H and O–H groups in total. The monoisotopic (exact) mass is 439 g/mol. The maximum absolute atomic E-state index is 12.9. The lowest BCUT2D eigenvalue weighted by Gasteiger charge is -2.08. The molecule has 0 heterocycles. The third-order valence-corrected chi connectivity index (χ3v) is 4.80. The molecule has 0 atom stereocenters. The molecule has 0 aromatic heterocycles. The molecule has 0 aliphatic carbocycles. The molecular formula is C27H25N3O3. The molecular weight excluding hydrogens is 414 g/mol. The summed E-state index contributed by atoms with van der Waals surface area (Å²) in [6, 6.07) is 25.0. The number of phenolic OH excluding ortho intramolecular Hbond substituents is 1. The maximum atomic E-state index is 12.9. The Hall–Kier alpha value is -4.32. The number of amides is 2. The van der Waals surface area contributed by atoms with Crippen molar-refractivity contribution in [1.29, 1.82) is 0 Å². The van der Waals surface area contributed by atoms with Gasteiger partial charge in [0.05, 0.1) is 5.71 Å². The molecule has 6 heteroatoms. The molecule has 0 fully saturated rings. The van der Waals surface area contributed by atoms with Gasteiger partial charge < -0.3 is 5.11 Å². The number of nitrogens with zero attached hydrogens (tertiary/aromatic N) is 2. The molecule has 0 aliphatic rings. The number of hydrazone groups is 1. The van der Waals surface area contributed by atoms with Crippen molar-refractivity contribution in [1.82, 2.24) is 5.43 Å². The number of hydrogen-bond donors (Lipinski definition) is 2. The zero-order valence-corrected chi connectivity index (χ0v) is 18.5. The van der Waals surface area contributed by atoms with Gasteiger partial charge in [-0.1, -0.05) is 72.3 Å². The molecule has 3 aromatic rings. The van der Waals surface area contributed by atoms with E-state index in [1.165, 1.54) is 0 Å². The van der Waals surface area contributed by atoms with Crippen molar-refractivity contribution in [3.05, 3.63) is 107 Å². The van der Waals surface area contributed by atoms with Crippen molar-refractivity contribution in [2.75, 3.05) is 0 Å². The van der Waals surface area contributed by atoms with Gasteiger partial charge >= 0.3 is 0 Å². The Balaban J connectivity index is 1.85. The Morgan fingerprint density at radius 1 is 0.879 bits per heavy atom. The molecule has 0 radical (unpaired) electrons. The largest absolute Gasteiger partial charge is 0.507 e. The lowest BCUT2D eigenvalue weighted by Crippen LogP contribution is -2.29. The first-order chi connectivity index (χ1) is 15.9. The summed E-state index contributed by atoms with van der Waals surface area (Å²) in [5.74, 6) is -1.03. The first-order valence-corrected chi connectivity index (χ1v) is 10.5. The van der Waals surface area contributed by atoms with E-state index in [0.717, 1.165) is 11.1 Å². The van der Waals surface area contributed by atoms with Gasteiger partial charge in [0.1, 0.15) is 11.5 Å². The summed E-state index contributed by atoms with van der Waals surface area (Å²) in [5, 5.41) is 14.1. The van der Waals surface area contributed by atoms with Crippen LogP contribution in [0.3, 0.4) is 0 Å². The molecule has 0 saturated heterocycles. The Kier molecular flexibility index (Phi) is 8.02. The average molecular weight is 440 g/mol. The highest BCUT2D eigenvalue weighted by Crippen LogP contribution is 2.16. The van der Waals surface area contributed by atoms with Crippen LogP contribution in [0.1, 0.15) is 41.8 Å². The van der Waals surface area contributed by atoms with E-state index in [9.17, 15) is 14.7 Å². The normalized spacial score (nSPS) is 12.4. The maximum Gasteiger partial charge on any atom is 0.286 e. The number of rotatable bonds is 7. The van der Waals surface area contributed by atoms with Gasteiger partial charge in [-0.2, -0.15) is 5.10 Å². The van der Waals surface area contributed by atoms with Crippen LogP contribution in [0.4, 0.5) is 0 Å². The number of carbonyl (C=O) groups excluding carboxylic acids is 2. The van der Waals surface area contributed by atoms with Crippen molar-refractivity contribution in [3.8, 4) is 5.75 Å². The van der Waals surface area contributed by atoms with Crippen LogP contribution in [0.15, 0.2) is 101 Å². The highest BCUT2D eigenvalue weighted by atomic mass is 16.3. The second kappa shape index (κ2) is 11.3. The van der Waals surface area contributed by atoms with Crippen LogP contribution in [0.5, 0.6) is 5.75 Å². The number of phenols is 1. The standard InChI is InChI=1S/C27H25N3O3/c1-19(17-21-11-5-3-6-12-21)18-24(28-26(32)22-13-7-4-8-14-22)27(33)30-29-20(2)23-15-9-10-16-25(23)31/h3-17,31H,18H2,1-2H3,(H,30,33)/b19-17+,28-24?,29-20+. The third kappa shape index (κ3) is 6.83. The summed E-state index contributed by atoms with van der Waals surface area (Å²) < 4.78 is 0. The average Bonchev–Trinajstić information content (AvgIpc) is 2.83. The minimum Gasteiger partial charge on any atom is -0.507 e. The quantitative estimate of drug-likeness (QED) is 0.401. The van der Waals surface area contributed by atoms with Gasteiger partial charge in [0.25, 0.3) is 11.8 Å². The fraction of sp³-hybridized carbons (Fsp3) is 0.111. The molecule has 33 heavy (non-hydrogen) atoms. The van der Waals surface area contributed by atoms with Gasteiger partial charge in [0, 0.05) is 17.5 Å². The van der Waals surface area contributed by atoms with Crippen LogP contribution in [-0.4, -0.2) is 28.3 Å². The number of aromatic hydroxyl groups is 1. The van der Waals surface area contributed by atoms with E-state index in [0.29, 0.717) is 16.8 Å². The first kappa shape index (κ1) is 23.3. The third-order valence-electron chi connectivity index (χ3n) is 4.80. The summed E-state index contributed by atoms with van der Waals surface area (Å²) >= 11 is 0. The van der Waals surface area contributed by atoms with Crippen molar-refractivity contribution >= 4 is 29.3 Å². The first-order valence-electron chi connectivity index (χ1n) is 10.5. The van der Waals surface area contributed by atoms with E-state index in [1.807, 2.05) is 43.3 Å². The molecule has 0 spiro atoms. The summed E-state index contributed by atoms with van der Waals surface area (Å²) in [5.41, 5.74) is 5.66. The van der Waals surface area contributed by atoms with Crippen LogP contribution in [0.25, 0.3) is 6.08 Å². The lowest BCUT2D eigenvalue weighted by molar-refractivity contribution is -0.114. The molecule has 0 saturated carbocycles. The Labute approximate surface area is 193 Å². The molecule has 3 aromatic carbocycles. The van der Waals surface area contributed by atoms with Crippen LogP contribution < -0.4 is 5.43 Å². The zero-order valence-electron chi connectivity index (χ0n) is 18.5. The molecule has 0 aliphatic heterocycles. The van der Waals surface area contributed by atoms with Crippen LogP contribution in [0.2, 0.25) is 0 Å². The lowest BCUT2D eigenvalue weighted by atomic mass is 10.1. The Morgan fingerprint density at radius 2 is 1.48 bits per heavy atom. The van der Waals surface area contributed by atoms with E-state index in [2.05, 4.69) is 15.5 Å². The van der Waals surface area contributed by atoms with E-state index in [4.69, 9.17) is 0 Å². The second-order valence-electron chi connectivity index (χ2n) is 7.46. The van der Waals surface area contributed by atoms with Gasteiger partial charge in [-0.3, -0.25) is 9.59 Å². The number of allylic oxidation sites excluding steroid dienone is 1. The zero-order chi connectivity index (χ0) is 23.6. The van der Waals surface area contributed by atoms with Crippen LogP contribution in [-0.2, 0) is 4.79 Å². The SMILES string of the molecule is C/C(=C\c1ccccc1)CC(=NC(=O)c1ccccc1)C(=O)N/N=C(\C)c1ccccc1O. The predicted molar refractivity (Wildman–Crippen MR) is 131 cm³/mol. The Morgan fingerprint density at radius 3 is 2.15 bits per heavy atom. The summed E-state index contributed by atoms with van der Waals surface area (Å²) in [4.78, 5) is 29.7. The van der Waals surface area contributed by atoms with Crippen LogP contribution in [0, 0.1) is 0 Å². The van der Waals surface area contributed by atoms with Gasteiger partial charge in [-0.15, -0.1) is 0 Å². The number of carbonyl (C=O) groups is 2. The number of aliphatic imine (C=N–C) groups is 1. The summed E-state index contributed by atoms with van der Waals surface area (Å²) in [7, 11) is 0. The molecule has 166 valence electrons. The predicted octanol–water partition coefficient (Wildman–Crippen LogP) is 5.01. The van der Waals surface area contributed by atoms with E-state index in [-0.39, 0.29) is 17.9 Å². The smallest absolute Gasteiger partial charge is 0.286 e. The summed E-state index contributed by atoms with van der Waals surface area (Å²) in [6.45, 7) is 3.54. The second-order valence-corrected chi connectivity index (χ2v) is 7.46. The molecule has 0 bridgehead atoms. The van der Waals surface area contributed by atoms with Gasteiger partial charge in [-0.05, 0) is 43.7 Å². The fourth-order valence-electron chi connectivity index (χ4n) is 3.13. The van der Waals surface area contributed by atoms with E-state index >= 15 is 0 Å². The van der Waals surface area contributed by atoms with Crippen molar-refractivity contribution in [2.24, 2.45) is 10.1 Å². The highest BCUT2D eigenvalue weighted by molar-refractivity contribution is 6.41. The highest BCUT2D eigenvalue weighted by Gasteiger charge is 2.16. The minimum absolute atomic E-state index is 0.0439. The Bertz CT molecular complexity index is 1210. The molecule has 3 rings (SSSR count). The number of nitrogens with one attached hydrogen (secondary N) is 1. The van der Waals surface area contributed by atoms with Gasteiger partial charge in [0.2, 0.25) is 0 Å². The number of hydrogen-bond acceptors (Lipinski definition) is 4. The topological polar surface area (TPSA) is 91.1 Å². The van der Waals surface area contributed by atoms with E-state index in [1.54, 1.807) is 61.5 Å². The van der Waals surface area contributed by atoms with E-state index < -0.39 is 11.8 Å². The van der Waals surface area contributed by atoms with Gasteiger partial charge in [0.15, 0.2) is 0 Å². The fourth-order valence-corrected chi connectivity index (χ4v) is 3.13. The number of benzene rings is 3. The van der Waals surface area contributed by atoms with Crippen molar-refractivity contribution in [3.63, 3.8) is 0 Å².